The summed E-state index contributed by atoms with van der Waals surface area (Å²) < 4.78 is 5.05. The number of hydrogen-bond donors (Lipinski definition) is 1. The van der Waals surface area contributed by atoms with Crippen LogP contribution in [0.4, 0.5) is 0 Å². The average molecular weight is 159 g/mol. The van der Waals surface area contributed by atoms with Crippen molar-refractivity contribution in [2.45, 2.75) is 33.1 Å². The van der Waals surface area contributed by atoms with Crippen molar-refractivity contribution < 1.29 is 4.74 Å². The summed E-state index contributed by atoms with van der Waals surface area (Å²) in [7, 11) is 1.74. The summed E-state index contributed by atoms with van der Waals surface area (Å²) >= 11 is 0. The minimum atomic E-state index is 0.329. The number of methoxy groups -OCH3 is 1. The minimum Gasteiger partial charge on any atom is -0.385 e. The highest BCUT2D eigenvalue weighted by molar-refractivity contribution is 4.76. The normalized spacial score (nSPS) is 12.0. The van der Waals surface area contributed by atoms with Crippen molar-refractivity contribution in [3.05, 3.63) is 0 Å². The number of nitrogens with two attached hydrogens (primary N) is 1. The van der Waals surface area contributed by atoms with Crippen molar-refractivity contribution in [3.8, 4) is 0 Å². The fourth-order valence-electron chi connectivity index (χ4n) is 1.31. The first kappa shape index (κ1) is 10.9. The highest BCUT2D eigenvalue weighted by atomic mass is 16.5. The van der Waals surface area contributed by atoms with Crippen LogP contribution in [0.15, 0.2) is 0 Å². The van der Waals surface area contributed by atoms with Gasteiger partial charge in [0.15, 0.2) is 0 Å². The van der Waals surface area contributed by atoms with Gasteiger partial charge in [0.1, 0.15) is 0 Å². The average Bonchev–Trinajstić information content (AvgIpc) is 2.08. The Kier molecular flexibility index (Phi) is 5.51. The van der Waals surface area contributed by atoms with Crippen molar-refractivity contribution in [3.63, 3.8) is 0 Å². The molecule has 0 saturated heterocycles. The van der Waals surface area contributed by atoms with Crippen LogP contribution < -0.4 is 5.73 Å². The molecule has 0 aliphatic rings. The first-order chi connectivity index (χ1) is 5.24. The van der Waals surface area contributed by atoms with Crippen molar-refractivity contribution in [2.24, 2.45) is 11.1 Å². The Morgan fingerprint density at radius 2 is 1.82 bits per heavy atom. The molecule has 0 rings (SSSR count). The smallest absolute Gasteiger partial charge is 0.0468 e. The quantitative estimate of drug-likeness (QED) is 0.641. The zero-order valence-electron chi connectivity index (χ0n) is 8.02. The molecule has 0 fully saturated rings. The van der Waals surface area contributed by atoms with E-state index < -0.39 is 0 Å². The third-order valence-corrected chi connectivity index (χ3v) is 2.77. The molecule has 0 bridgehead atoms. The van der Waals surface area contributed by atoms with Crippen LogP contribution in [0.2, 0.25) is 0 Å². The molecule has 0 aliphatic carbocycles. The van der Waals surface area contributed by atoms with Crippen molar-refractivity contribution in [1.82, 2.24) is 0 Å². The monoisotopic (exact) mass is 159 g/mol. The molecule has 0 aliphatic heterocycles. The largest absolute Gasteiger partial charge is 0.385 e. The molecule has 2 heteroatoms. The van der Waals surface area contributed by atoms with Crippen LogP contribution >= 0.6 is 0 Å². The topological polar surface area (TPSA) is 35.2 Å². The molecule has 0 aromatic heterocycles. The Morgan fingerprint density at radius 3 is 2.09 bits per heavy atom. The maximum Gasteiger partial charge on any atom is 0.0468 e. The van der Waals surface area contributed by atoms with E-state index in [4.69, 9.17) is 10.5 Å². The molecule has 0 aromatic carbocycles. The third kappa shape index (κ3) is 3.21. The maximum atomic E-state index is 5.71. The molecular formula is C9H21NO. The van der Waals surface area contributed by atoms with Gasteiger partial charge >= 0.3 is 0 Å². The van der Waals surface area contributed by atoms with Crippen LogP contribution in [0, 0.1) is 5.41 Å². The lowest BCUT2D eigenvalue weighted by Gasteiger charge is -2.29. The standard InChI is InChI=1S/C9H21NO/c1-4-9(5-2,8-10)6-7-11-3/h4-8,10H2,1-3H3. The van der Waals surface area contributed by atoms with Gasteiger partial charge in [-0.15, -0.1) is 0 Å². The summed E-state index contributed by atoms with van der Waals surface area (Å²) in [6.07, 6.45) is 3.40. The SMILES string of the molecule is CCC(CC)(CN)CCOC. The predicted octanol–water partition coefficient (Wildman–Crippen LogP) is 1.79. The first-order valence-corrected chi connectivity index (χ1v) is 4.43. The van der Waals surface area contributed by atoms with E-state index in [2.05, 4.69) is 13.8 Å². The lowest BCUT2D eigenvalue weighted by Crippen LogP contribution is -2.30. The van der Waals surface area contributed by atoms with Crippen molar-refractivity contribution in [2.75, 3.05) is 20.3 Å². The summed E-state index contributed by atoms with van der Waals surface area (Å²) in [5.41, 5.74) is 6.04. The Bertz CT molecular complexity index is 81.3. The summed E-state index contributed by atoms with van der Waals surface area (Å²) in [6, 6.07) is 0. The van der Waals surface area contributed by atoms with E-state index in [1.807, 2.05) is 0 Å². The molecule has 11 heavy (non-hydrogen) atoms. The highest BCUT2D eigenvalue weighted by Crippen LogP contribution is 2.28. The van der Waals surface area contributed by atoms with E-state index in [0.717, 1.165) is 32.4 Å². The van der Waals surface area contributed by atoms with Gasteiger partial charge in [-0.3, -0.25) is 0 Å². The van der Waals surface area contributed by atoms with Gasteiger partial charge < -0.3 is 10.5 Å². The summed E-state index contributed by atoms with van der Waals surface area (Å²) in [4.78, 5) is 0. The molecule has 0 spiro atoms. The molecule has 2 nitrogen and oxygen atoms in total. The van der Waals surface area contributed by atoms with Crippen LogP contribution in [0.5, 0.6) is 0 Å². The third-order valence-electron chi connectivity index (χ3n) is 2.77. The number of ether oxygens (including phenoxy) is 1. The van der Waals surface area contributed by atoms with Crippen LogP contribution in [-0.2, 0) is 4.74 Å². The highest BCUT2D eigenvalue weighted by Gasteiger charge is 2.23. The van der Waals surface area contributed by atoms with Crippen LogP contribution in [0.1, 0.15) is 33.1 Å². The molecule has 2 N–H and O–H groups in total. The zero-order chi connectivity index (χ0) is 8.74. The Hall–Kier alpha value is -0.0800. The second-order valence-electron chi connectivity index (χ2n) is 3.15. The van der Waals surface area contributed by atoms with E-state index in [9.17, 15) is 0 Å². The van der Waals surface area contributed by atoms with Gasteiger partial charge in [0.05, 0.1) is 0 Å². The van der Waals surface area contributed by atoms with Gasteiger partial charge in [-0.2, -0.15) is 0 Å². The molecule has 0 atom stereocenters. The summed E-state index contributed by atoms with van der Waals surface area (Å²) in [6.45, 7) is 6.01. The minimum absolute atomic E-state index is 0.329. The first-order valence-electron chi connectivity index (χ1n) is 4.43. The van der Waals surface area contributed by atoms with Crippen molar-refractivity contribution >= 4 is 0 Å². The van der Waals surface area contributed by atoms with E-state index in [1.54, 1.807) is 7.11 Å². The van der Waals surface area contributed by atoms with Gasteiger partial charge in [0.2, 0.25) is 0 Å². The second-order valence-corrected chi connectivity index (χ2v) is 3.15. The van der Waals surface area contributed by atoms with E-state index in [0.29, 0.717) is 5.41 Å². The molecule has 68 valence electrons. The second kappa shape index (κ2) is 5.56. The Balaban J connectivity index is 3.84. The molecule has 0 aromatic rings. The van der Waals surface area contributed by atoms with E-state index in [1.165, 1.54) is 0 Å². The van der Waals surface area contributed by atoms with Crippen LogP contribution in [0.3, 0.4) is 0 Å². The zero-order valence-corrected chi connectivity index (χ0v) is 8.02. The van der Waals surface area contributed by atoms with Gasteiger partial charge in [-0.1, -0.05) is 13.8 Å². The predicted molar refractivity (Wildman–Crippen MR) is 48.6 cm³/mol. The summed E-state index contributed by atoms with van der Waals surface area (Å²) in [5.74, 6) is 0. The number of hydrogen-bond acceptors (Lipinski definition) is 2. The molecular weight excluding hydrogens is 138 g/mol. The van der Waals surface area contributed by atoms with Gasteiger partial charge in [-0.05, 0) is 31.2 Å². The molecule has 0 unspecified atom stereocenters. The molecule has 0 amide bonds. The van der Waals surface area contributed by atoms with Gasteiger partial charge in [-0.25, -0.2) is 0 Å². The van der Waals surface area contributed by atoms with Crippen LogP contribution in [-0.4, -0.2) is 20.3 Å². The van der Waals surface area contributed by atoms with E-state index >= 15 is 0 Å². The van der Waals surface area contributed by atoms with E-state index in [-0.39, 0.29) is 0 Å². The molecule has 0 saturated carbocycles. The van der Waals surface area contributed by atoms with Gasteiger partial charge in [0, 0.05) is 13.7 Å². The number of rotatable bonds is 6. The Morgan fingerprint density at radius 1 is 1.27 bits per heavy atom. The van der Waals surface area contributed by atoms with Gasteiger partial charge in [0.25, 0.3) is 0 Å². The fourth-order valence-corrected chi connectivity index (χ4v) is 1.31. The van der Waals surface area contributed by atoms with Crippen LogP contribution in [0.25, 0.3) is 0 Å². The molecule has 0 radical (unpaired) electrons. The lowest BCUT2D eigenvalue weighted by molar-refractivity contribution is 0.132. The Labute approximate surface area is 70.1 Å². The maximum absolute atomic E-state index is 5.71. The molecule has 0 heterocycles. The summed E-state index contributed by atoms with van der Waals surface area (Å²) in [5, 5.41) is 0. The van der Waals surface area contributed by atoms with Crippen molar-refractivity contribution in [1.29, 1.82) is 0 Å². The lowest BCUT2D eigenvalue weighted by atomic mass is 9.80. The fraction of sp³-hybridized carbons (Fsp3) is 1.00.